The summed E-state index contributed by atoms with van der Waals surface area (Å²) >= 11 is 4.74. The number of aromatic nitrogens is 1. The van der Waals surface area contributed by atoms with E-state index < -0.39 is 29.5 Å². The minimum absolute atomic E-state index is 0.0528. The number of thiazole rings is 1. The third-order valence-corrected chi connectivity index (χ3v) is 5.79. The maximum absolute atomic E-state index is 13.8. The van der Waals surface area contributed by atoms with Gasteiger partial charge in [0.25, 0.3) is 0 Å². The number of nitrogens with one attached hydrogen (secondary N) is 2. The number of hydrogen-bond donors (Lipinski definition) is 2. The summed E-state index contributed by atoms with van der Waals surface area (Å²) < 4.78 is 24.8. The summed E-state index contributed by atoms with van der Waals surface area (Å²) in [5, 5.41) is 8.17. The highest BCUT2D eigenvalue weighted by molar-refractivity contribution is 9.10. The number of aliphatic imine (C=N–C) groups is 1. The van der Waals surface area contributed by atoms with E-state index in [4.69, 9.17) is 14.5 Å². The summed E-state index contributed by atoms with van der Waals surface area (Å²) in [5.41, 5.74) is 0.447. The molecule has 1 aliphatic heterocycles. The monoisotopic (exact) mass is 538 g/mol. The quantitative estimate of drug-likeness (QED) is 0.525. The number of halogens is 2. The Kier molecular flexibility index (Phi) is 7.85. The zero-order chi connectivity index (χ0) is 24.2. The molecule has 0 aliphatic carbocycles. The molecule has 0 bridgehead atoms. The first kappa shape index (κ1) is 24.8. The molecule has 11 heteroatoms. The average molecular weight is 539 g/mol. The van der Waals surface area contributed by atoms with E-state index in [1.54, 1.807) is 45.3 Å². The van der Waals surface area contributed by atoms with Crippen molar-refractivity contribution in [1.82, 2.24) is 15.6 Å². The summed E-state index contributed by atoms with van der Waals surface area (Å²) in [6.07, 6.45) is 0.994. The van der Waals surface area contributed by atoms with Crippen molar-refractivity contribution in [1.29, 1.82) is 0 Å². The number of carbonyl (C=O) groups excluding carboxylic acids is 2. The van der Waals surface area contributed by atoms with Gasteiger partial charge >= 0.3 is 12.1 Å². The zero-order valence-electron chi connectivity index (χ0n) is 18.6. The van der Waals surface area contributed by atoms with Gasteiger partial charge in [0.05, 0.1) is 18.7 Å². The normalized spacial score (nSPS) is 16.1. The second-order valence-electron chi connectivity index (χ2n) is 7.98. The van der Waals surface area contributed by atoms with Crippen LogP contribution in [0, 0.1) is 5.82 Å². The van der Waals surface area contributed by atoms with E-state index in [1.807, 2.05) is 0 Å². The molecule has 0 saturated carbocycles. The van der Waals surface area contributed by atoms with E-state index in [9.17, 15) is 14.0 Å². The van der Waals surface area contributed by atoms with Crippen LogP contribution in [0.25, 0.3) is 0 Å². The molecule has 0 saturated heterocycles. The average Bonchev–Trinajstić information content (AvgIpc) is 3.25. The Morgan fingerprint density at radius 1 is 1.33 bits per heavy atom. The van der Waals surface area contributed by atoms with Gasteiger partial charge in [-0.1, -0.05) is 22.0 Å². The van der Waals surface area contributed by atoms with Crippen molar-refractivity contribution in [2.45, 2.75) is 39.3 Å². The van der Waals surface area contributed by atoms with E-state index in [0.717, 1.165) is 0 Å². The Morgan fingerprint density at radius 3 is 2.70 bits per heavy atom. The highest BCUT2D eigenvalue weighted by Crippen LogP contribution is 2.36. The molecule has 2 heterocycles. The van der Waals surface area contributed by atoms with Crippen molar-refractivity contribution in [2.24, 2.45) is 4.99 Å². The number of carbonyl (C=O) groups is 2. The van der Waals surface area contributed by atoms with Crippen molar-refractivity contribution in [3.05, 3.63) is 61.9 Å². The number of esters is 1. The van der Waals surface area contributed by atoms with Crippen LogP contribution in [-0.4, -0.2) is 41.6 Å². The lowest BCUT2D eigenvalue weighted by molar-refractivity contribution is -0.139. The van der Waals surface area contributed by atoms with Gasteiger partial charge in [0.15, 0.2) is 10.8 Å². The first-order valence-electron chi connectivity index (χ1n) is 10.2. The highest BCUT2D eigenvalue weighted by atomic mass is 79.9. The summed E-state index contributed by atoms with van der Waals surface area (Å²) in [7, 11) is 0. The summed E-state index contributed by atoms with van der Waals surface area (Å²) in [4.78, 5) is 34.3. The number of alkyl carbamates (subject to hydrolysis) is 1. The molecular weight excluding hydrogens is 515 g/mol. The van der Waals surface area contributed by atoms with Crippen LogP contribution in [-0.2, 0) is 14.3 Å². The molecule has 1 atom stereocenters. The summed E-state index contributed by atoms with van der Waals surface area (Å²) in [5.74, 6) is -0.619. The van der Waals surface area contributed by atoms with E-state index in [0.29, 0.717) is 26.6 Å². The number of ether oxygens (including phenoxy) is 2. The van der Waals surface area contributed by atoms with Crippen LogP contribution in [0.3, 0.4) is 0 Å². The maximum atomic E-state index is 13.8. The molecule has 1 amide bonds. The Morgan fingerprint density at radius 2 is 2.09 bits per heavy atom. The summed E-state index contributed by atoms with van der Waals surface area (Å²) in [6.45, 7) is 7.05. The Labute approximate surface area is 203 Å². The number of benzene rings is 1. The molecule has 0 fully saturated rings. The van der Waals surface area contributed by atoms with Crippen molar-refractivity contribution in [2.75, 3.05) is 13.2 Å². The minimum Gasteiger partial charge on any atom is -0.463 e. The fourth-order valence-electron chi connectivity index (χ4n) is 3.06. The van der Waals surface area contributed by atoms with Crippen molar-refractivity contribution >= 4 is 45.2 Å². The third kappa shape index (κ3) is 6.38. The predicted molar refractivity (Wildman–Crippen MR) is 127 cm³/mol. The van der Waals surface area contributed by atoms with Gasteiger partial charge in [-0.2, -0.15) is 0 Å². The molecule has 1 aromatic heterocycles. The van der Waals surface area contributed by atoms with Gasteiger partial charge in [-0.25, -0.2) is 19.0 Å². The van der Waals surface area contributed by atoms with Gasteiger partial charge in [0.1, 0.15) is 17.5 Å². The van der Waals surface area contributed by atoms with Crippen molar-refractivity contribution in [3.63, 3.8) is 0 Å². The van der Waals surface area contributed by atoms with E-state index in [-0.39, 0.29) is 18.7 Å². The van der Waals surface area contributed by atoms with Gasteiger partial charge < -0.3 is 20.1 Å². The van der Waals surface area contributed by atoms with Gasteiger partial charge in [-0.05, 0) is 45.4 Å². The van der Waals surface area contributed by atoms with Gasteiger partial charge in [0, 0.05) is 21.7 Å². The predicted octanol–water partition coefficient (Wildman–Crippen LogP) is 4.48. The molecule has 1 unspecified atom stereocenters. The Balaban J connectivity index is 2.06. The molecule has 0 radical (unpaired) electrons. The van der Waals surface area contributed by atoms with Crippen LogP contribution < -0.4 is 10.6 Å². The van der Waals surface area contributed by atoms with Gasteiger partial charge in [-0.15, -0.1) is 11.3 Å². The Bertz CT molecular complexity index is 1100. The lowest BCUT2D eigenvalue weighted by Crippen LogP contribution is -2.41. The van der Waals surface area contributed by atoms with Crippen LogP contribution in [0.5, 0.6) is 0 Å². The number of amidine groups is 1. The van der Waals surface area contributed by atoms with Gasteiger partial charge in [-0.3, -0.25) is 4.99 Å². The molecule has 1 aliphatic rings. The first-order valence-corrected chi connectivity index (χ1v) is 11.8. The second kappa shape index (κ2) is 10.4. The standard InChI is InChI=1S/C22H24BrFN4O4S/c1-5-31-20(29)16-15(11-26-21(30)32-22(2,3)4)27-18(19-25-8-9-33-19)28-17(16)13-7-6-12(24)10-14(13)23/h6-10,17H,5,11H2,1-4H3,(H,26,30)(H,27,28). The fourth-order valence-corrected chi connectivity index (χ4v) is 4.21. The van der Waals surface area contributed by atoms with Crippen LogP contribution in [0.15, 0.2) is 50.5 Å². The van der Waals surface area contributed by atoms with Crippen LogP contribution in [0.2, 0.25) is 0 Å². The number of hydrogen-bond acceptors (Lipinski definition) is 8. The van der Waals surface area contributed by atoms with E-state index >= 15 is 0 Å². The molecule has 3 rings (SSSR count). The van der Waals surface area contributed by atoms with E-state index in [2.05, 4.69) is 31.5 Å². The van der Waals surface area contributed by atoms with Crippen molar-refractivity contribution < 1.29 is 23.5 Å². The lowest BCUT2D eigenvalue weighted by Gasteiger charge is -2.28. The van der Waals surface area contributed by atoms with Crippen molar-refractivity contribution in [3.8, 4) is 0 Å². The largest absolute Gasteiger partial charge is 0.463 e. The first-order chi connectivity index (χ1) is 15.6. The molecule has 2 aromatic rings. The highest BCUT2D eigenvalue weighted by Gasteiger charge is 2.34. The molecule has 1 aromatic carbocycles. The zero-order valence-corrected chi connectivity index (χ0v) is 21.0. The molecular formula is C22H24BrFN4O4S. The van der Waals surface area contributed by atoms with Crippen LogP contribution in [0.1, 0.15) is 44.3 Å². The smallest absolute Gasteiger partial charge is 0.407 e. The fraction of sp³-hybridized carbons (Fsp3) is 0.364. The number of rotatable bonds is 6. The maximum Gasteiger partial charge on any atom is 0.407 e. The molecule has 0 spiro atoms. The topological polar surface area (TPSA) is 102 Å². The molecule has 176 valence electrons. The van der Waals surface area contributed by atoms with Crippen LogP contribution in [0.4, 0.5) is 9.18 Å². The molecule has 8 nitrogen and oxygen atoms in total. The number of amides is 1. The molecule has 33 heavy (non-hydrogen) atoms. The Hall–Kier alpha value is -2.79. The lowest BCUT2D eigenvalue weighted by atomic mass is 9.95. The third-order valence-electron chi connectivity index (χ3n) is 4.32. The second-order valence-corrected chi connectivity index (χ2v) is 9.73. The summed E-state index contributed by atoms with van der Waals surface area (Å²) in [6, 6.07) is 3.32. The van der Waals surface area contributed by atoms with Crippen LogP contribution >= 0.6 is 27.3 Å². The number of nitrogens with zero attached hydrogens (tertiary/aromatic N) is 2. The van der Waals surface area contributed by atoms with E-state index in [1.165, 1.54) is 23.5 Å². The SMILES string of the molecule is CCOC(=O)C1=C(CNC(=O)OC(C)(C)C)NC(c2nccs2)=NC1c1ccc(F)cc1Br. The van der Waals surface area contributed by atoms with Gasteiger partial charge in [0.2, 0.25) is 0 Å². The molecule has 2 N–H and O–H groups in total. The minimum atomic E-state index is -0.824.